The van der Waals surface area contributed by atoms with Crippen LogP contribution in [0.5, 0.6) is 5.75 Å². The van der Waals surface area contributed by atoms with Gasteiger partial charge in [-0.15, -0.1) is 17.1 Å². The molecule has 100 valence electrons. The molecule has 0 aliphatic rings. The molecule has 0 aliphatic carbocycles. The van der Waals surface area contributed by atoms with Gasteiger partial charge in [-0.2, -0.15) is 8.42 Å². The first kappa shape index (κ1) is 14.7. The van der Waals surface area contributed by atoms with E-state index in [4.69, 9.17) is 11.6 Å². The maximum absolute atomic E-state index is 12.6. The van der Waals surface area contributed by atoms with Crippen molar-refractivity contribution in [3.8, 4) is 5.75 Å². The Morgan fingerprint density at radius 2 is 1.83 bits per heavy atom. The quantitative estimate of drug-likeness (QED) is 0.636. The van der Waals surface area contributed by atoms with Crippen molar-refractivity contribution in [2.45, 2.75) is 11.3 Å². The molecule has 1 aromatic carbocycles. The molecule has 0 saturated carbocycles. The van der Waals surface area contributed by atoms with Crippen molar-refractivity contribution in [2.75, 3.05) is 0 Å². The third-order valence-electron chi connectivity index (χ3n) is 1.67. The molecule has 1 rings (SSSR count). The summed E-state index contributed by atoms with van der Waals surface area (Å²) in [6.07, 6.45) is -5.10. The molecular formula is C8H3ClF4O4S. The van der Waals surface area contributed by atoms with Gasteiger partial charge in [0.15, 0.2) is 0 Å². The molecule has 1 aromatic rings. The summed E-state index contributed by atoms with van der Waals surface area (Å²) in [7, 11) is -5.17. The van der Waals surface area contributed by atoms with Gasteiger partial charge >= 0.3 is 16.6 Å². The van der Waals surface area contributed by atoms with Crippen LogP contribution in [0.1, 0.15) is 10.4 Å². The average Bonchev–Trinajstić information content (AvgIpc) is 2.13. The Balaban J connectivity index is 3.35. The molecule has 0 atom stereocenters. The first-order chi connectivity index (χ1) is 8.00. The molecule has 0 spiro atoms. The van der Waals surface area contributed by atoms with Crippen LogP contribution >= 0.6 is 11.6 Å². The lowest BCUT2D eigenvalue weighted by Gasteiger charge is -2.11. The molecule has 0 aromatic heterocycles. The van der Waals surface area contributed by atoms with E-state index in [9.17, 15) is 30.3 Å². The molecule has 0 saturated heterocycles. The van der Waals surface area contributed by atoms with Gasteiger partial charge in [0.25, 0.3) is 5.24 Å². The third-order valence-corrected chi connectivity index (χ3v) is 2.69. The summed E-state index contributed by atoms with van der Waals surface area (Å²) >= 11 is 4.96. The molecule has 0 fully saturated rings. The van der Waals surface area contributed by atoms with E-state index in [-0.39, 0.29) is 0 Å². The second-order valence-electron chi connectivity index (χ2n) is 2.92. The fourth-order valence-corrected chi connectivity index (χ4v) is 1.66. The summed E-state index contributed by atoms with van der Waals surface area (Å²) in [6.45, 7) is 0. The van der Waals surface area contributed by atoms with Gasteiger partial charge in [0.05, 0.1) is 10.5 Å². The Hall–Kier alpha value is -1.35. The zero-order valence-corrected chi connectivity index (χ0v) is 9.74. The van der Waals surface area contributed by atoms with Gasteiger partial charge < -0.3 is 4.74 Å². The van der Waals surface area contributed by atoms with Gasteiger partial charge in [0.1, 0.15) is 5.75 Å². The first-order valence-electron chi connectivity index (χ1n) is 4.05. The van der Waals surface area contributed by atoms with Crippen LogP contribution in [0.25, 0.3) is 0 Å². The van der Waals surface area contributed by atoms with E-state index >= 15 is 0 Å². The molecule has 0 aliphatic heterocycles. The van der Waals surface area contributed by atoms with Crippen molar-refractivity contribution >= 4 is 27.1 Å². The van der Waals surface area contributed by atoms with Crippen LogP contribution < -0.4 is 4.74 Å². The van der Waals surface area contributed by atoms with Crippen LogP contribution in [0, 0.1) is 0 Å². The maximum atomic E-state index is 12.6. The number of hydrogen-bond acceptors (Lipinski definition) is 4. The minimum absolute atomic E-state index is 0.353. The Morgan fingerprint density at radius 3 is 2.22 bits per heavy atom. The van der Waals surface area contributed by atoms with Gasteiger partial charge in [-0.1, -0.05) is 0 Å². The van der Waals surface area contributed by atoms with Crippen LogP contribution in [-0.2, 0) is 10.2 Å². The summed E-state index contributed by atoms with van der Waals surface area (Å²) in [4.78, 5) is 9.83. The molecule has 18 heavy (non-hydrogen) atoms. The summed E-state index contributed by atoms with van der Waals surface area (Å²) < 4.78 is 72.9. The zero-order valence-electron chi connectivity index (χ0n) is 8.16. The van der Waals surface area contributed by atoms with Crippen LogP contribution in [0.2, 0.25) is 0 Å². The molecular weight excluding hydrogens is 304 g/mol. The average molecular weight is 307 g/mol. The number of carbonyl (C=O) groups excluding carboxylic acids is 1. The van der Waals surface area contributed by atoms with E-state index < -0.39 is 38.0 Å². The molecule has 0 heterocycles. The lowest BCUT2D eigenvalue weighted by molar-refractivity contribution is -0.274. The van der Waals surface area contributed by atoms with Crippen molar-refractivity contribution in [3.63, 3.8) is 0 Å². The zero-order chi connectivity index (χ0) is 14.1. The second kappa shape index (κ2) is 4.73. The summed E-state index contributed by atoms with van der Waals surface area (Å²) in [5.41, 5.74) is -0.910. The van der Waals surface area contributed by atoms with E-state index in [1.807, 2.05) is 0 Å². The van der Waals surface area contributed by atoms with Crippen LogP contribution in [0.3, 0.4) is 0 Å². The van der Waals surface area contributed by atoms with Crippen molar-refractivity contribution in [1.82, 2.24) is 0 Å². The molecule has 0 bridgehead atoms. The van der Waals surface area contributed by atoms with Crippen molar-refractivity contribution in [1.29, 1.82) is 0 Å². The van der Waals surface area contributed by atoms with Crippen LogP contribution in [0.4, 0.5) is 17.1 Å². The molecule has 0 unspecified atom stereocenters. The molecule has 0 radical (unpaired) electrons. The van der Waals surface area contributed by atoms with E-state index in [2.05, 4.69) is 4.74 Å². The van der Waals surface area contributed by atoms with Gasteiger partial charge in [-0.25, -0.2) is 0 Å². The van der Waals surface area contributed by atoms with E-state index in [0.717, 1.165) is 0 Å². The highest BCUT2D eigenvalue weighted by Gasteiger charge is 2.33. The highest BCUT2D eigenvalue weighted by atomic mass is 35.5. The summed E-state index contributed by atoms with van der Waals surface area (Å²) in [5.74, 6) is -1.02. The number of hydrogen-bond donors (Lipinski definition) is 0. The fourth-order valence-electron chi connectivity index (χ4n) is 1.03. The number of ether oxygens (including phenoxy) is 1. The van der Waals surface area contributed by atoms with E-state index in [0.29, 0.717) is 18.2 Å². The van der Waals surface area contributed by atoms with Gasteiger partial charge in [0, 0.05) is 0 Å². The Morgan fingerprint density at radius 1 is 1.28 bits per heavy atom. The lowest BCUT2D eigenvalue weighted by atomic mass is 10.2. The normalized spacial score (nSPS) is 12.3. The number of halogens is 5. The fraction of sp³-hybridized carbons (Fsp3) is 0.125. The number of benzene rings is 1. The minimum atomic E-state index is -5.17. The molecule has 4 nitrogen and oxygen atoms in total. The first-order valence-corrected chi connectivity index (χ1v) is 5.81. The Kier molecular flexibility index (Phi) is 3.86. The Labute approximate surface area is 103 Å². The number of rotatable bonds is 3. The minimum Gasteiger partial charge on any atom is -0.405 e. The summed E-state index contributed by atoms with van der Waals surface area (Å²) in [5, 5.41) is -1.42. The largest absolute Gasteiger partial charge is 0.573 e. The second-order valence-corrected chi connectivity index (χ2v) is 4.61. The SMILES string of the molecule is O=C(Cl)c1cc(S(=O)(=O)F)ccc1OC(F)(F)F. The number of alkyl halides is 3. The topological polar surface area (TPSA) is 60.4 Å². The molecule has 0 N–H and O–H groups in total. The highest BCUT2D eigenvalue weighted by Crippen LogP contribution is 2.29. The van der Waals surface area contributed by atoms with Crippen molar-refractivity contribution in [2.24, 2.45) is 0 Å². The van der Waals surface area contributed by atoms with Gasteiger partial charge in [0.2, 0.25) is 0 Å². The molecule has 0 amide bonds. The smallest absolute Gasteiger partial charge is 0.405 e. The predicted octanol–water partition coefficient (Wildman–Crippen LogP) is 2.62. The maximum Gasteiger partial charge on any atom is 0.573 e. The van der Waals surface area contributed by atoms with Crippen LogP contribution in [-0.4, -0.2) is 20.0 Å². The number of carbonyl (C=O) groups is 1. The van der Waals surface area contributed by atoms with Crippen molar-refractivity contribution < 1.29 is 35.0 Å². The Bertz CT molecular complexity index is 581. The van der Waals surface area contributed by atoms with Crippen LogP contribution in [0.15, 0.2) is 23.1 Å². The predicted molar refractivity (Wildman–Crippen MR) is 51.6 cm³/mol. The lowest BCUT2D eigenvalue weighted by Crippen LogP contribution is -2.18. The van der Waals surface area contributed by atoms with Gasteiger partial charge in [-0.05, 0) is 29.8 Å². The van der Waals surface area contributed by atoms with Crippen molar-refractivity contribution in [3.05, 3.63) is 23.8 Å². The standard InChI is InChI=1S/C8H3ClF4O4S/c9-7(14)5-3-4(18(13,15)16)1-2-6(5)17-8(10,11)12/h1-3H. The van der Waals surface area contributed by atoms with E-state index in [1.165, 1.54) is 0 Å². The third kappa shape index (κ3) is 3.84. The highest BCUT2D eigenvalue weighted by molar-refractivity contribution is 7.86. The molecule has 10 heteroatoms. The van der Waals surface area contributed by atoms with Gasteiger partial charge in [-0.3, -0.25) is 4.79 Å². The summed E-state index contributed by atoms with van der Waals surface area (Å²) in [6, 6.07) is 1.35. The van der Waals surface area contributed by atoms with E-state index in [1.54, 1.807) is 0 Å². The monoisotopic (exact) mass is 306 g/mol.